The van der Waals surface area contributed by atoms with E-state index in [0.29, 0.717) is 12.1 Å². The Hall–Kier alpha value is -1.88. The zero-order valence-electron chi connectivity index (χ0n) is 15.7. The smallest absolute Gasteiger partial charge is 0.251 e. The van der Waals surface area contributed by atoms with E-state index in [0.717, 1.165) is 24.8 Å². The molecule has 0 aliphatic heterocycles. The molecular weight excluding hydrogens is 316 g/mol. The maximum atomic E-state index is 12.8. The van der Waals surface area contributed by atoms with Gasteiger partial charge in [0.15, 0.2) is 0 Å². The van der Waals surface area contributed by atoms with Crippen molar-refractivity contribution in [3.05, 3.63) is 35.4 Å². The topological polar surface area (TPSA) is 69.6 Å². The van der Waals surface area contributed by atoms with Crippen LogP contribution in [0.15, 0.2) is 24.3 Å². The molecule has 1 aliphatic rings. The van der Waals surface area contributed by atoms with Gasteiger partial charge < -0.3 is 15.3 Å². The van der Waals surface area contributed by atoms with Gasteiger partial charge in [-0.25, -0.2) is 0 Å². The van der Waals surface area contributed by atoms with Crippen LogP contribution >= 0.6 is 0 Å². The van der Waals surface area contributed by atoms with Crippen LogP contribution in [0.5, 0.6) is 0 Å². The molecule has 5 heteroatoms. The number of nitrogens with one attached hydrogen (secondary N) is 1. The first-order valence-corrected chi connectivity index (χ1v) is 9.10. The van der Waals surface area contributed by atoms with Gasteiger partial charge in [0.1, 0.15) is 6.04 Å². The molecule has 2 rings (SSSR count). The second kappa shape index (κ2) is 8.48. The molecule has 1 aromatic carbocycles. The number of hydrogen-bond donors (Lipinski definition) is 2. The van der Waals surface area contributed by atoms with Crippen LogP contribution in [0.1, 0.15) is 49.0 Å². The van der Waals surface area contributed by atoms with Gasteiger partial charge in [-0.2, -0.15) is 0 Å². The van der Waals surface area contributed by atoms with Crippen molar-refractivity contribution in [2.75, 3.05) is 13.6 Å². The minimum atomic E-state index is -0.573. The summed E-state index contributed by atoms with van der Waals surface area (Å²) in [5.41, 5.74) is 1.57. The van der Waals surface area contributed by atoms with Gasteiger partial charge in [-0.15, -0.1) is 0 Å². The number of aliphatic hydroxyl groups excluding tert-OH is 1. The highest BCUT2D eigenvalue weighted by Gasteiger charge is 2.31. The molecule has 2 amide bonds. The molecule has 138 valence electrons. The van der Waals surface area contributed by atoms with Crippen LogP contribution in [0.3, 0.4) is 0 Å². The summed E-state index contributed by atoms with van der Waals surface area (Å²) >= 11 is 0. The van der Waals surface area contributed by atoms with E-state index in [2.05, 4.69) is 5.32 Å². The van der Waals surface area contributed by atoms with Crippen molar-refractivity contribution in [2.45, 2.75) is 52.2 Å². The average molecular weight is 346 g/mol. The van der Waals surface area contributed by atoms with E-state index in [1.807, 2.05) is 39.0 Å². The second-order valence-corrected chi connectivity index (χ2v) is 7.54. The summed E-state index contributed by atoms with van der Waals surface area (Å²) in [5.74, 6) is -0.216. The highest BCUT2D eigenvalue weighted by Crippen LogP contribution is 2.26. The predicted molar refractivity (Wildman–Crippen MR) is 98.3 cm³/mol. The lowest BCUT2D eigenvalue weighted by atomic mass is 10.0. The third-order valence-corrected chi connectivity index (χ3v) is 5.00. The van der Waals surface area contributed by atoms with Crippen molar-refractivity contribution >= 4 is 11.8 Å². The Morgan fingerprint density at radius 3 is 2.60 bits per heavy atom. The molecule has 0 heterocycles. The van der Waals surface area contributed by atoms with E-state index < -0.39 is 6.04 Å². The number of benzene rings is 1. The predicted octanol–water partition coefficient (Wildman–Crippen LogP) is 2.37. The number of amides is 2. The second-order valence-electron chi connectivity index (χ2n) is 7.54. The molecule has 0 spiro atoms. The summed E-state index contributed by atoms with van der Waals surface area (Å²) in [5, 5.41) is 12.9. The Balaban J connectivity index is 2.03. The van der Waals surface area contributed by atoms with Gasteiger partial charge in [-0.1, -0.05) is 38.0 Å². The highest BCUT2D eigenvalue weighted by molar-refractivity contribution is 5.97. The van der Waals surface area contributed by atoms with Crippen LogP contribution in [-0.4, -0.2) is 47.6 Å². The third-order valence-electron chi connectivity index (χ3n) is 5.00. The van der Waals surface area contributed by atoms with Gasteiger partial charge in [0.2, 0.25) is 5.91 Å². The fourth-order valence-corrected chi connectivity index (χ4v) is 3.43. The Kier molecular flexibility index (Phi) is 6.59. The maximum Gasteiger partial charge on any atom is 0.251 e. The number of aryl methyl sites for hydroxylation is 1. The van der Waals surface area contributed by atoms with Gasteiger partial charge >= 0.3 is 0 Å². The normalized spacial score (nSPS) is 21.2. The summed E-state index contributed by atoms with van der Waals surface area (Å²) in [6.07, 6.45) is 2.44. The summed E-state index contributed by atoms with van der Waals surface area (Å²) in [6.45, 7) is 6.32. The average Bonchev–Trinajstić information content (AvgIpc) is 2.96. The van der Waals surface area contributed by atoms with Crippen molar-refractivity contribution in [1.29, 1.82) is 0 Å². The molecule has 1 fully saturated rings. The number of hydrogen-bond acceptors (Lipinski definition) is 3. The van der Waals surface area contributed by atoms with Crippen molar-refractivity contribution in [1.82, 2.24) is 10.2 Å². The van der Waals surface area contributed by atoms with Crippen LogP contribution in [0.25, 0.3) is 0 Å². The molecule has 2 N–H and O–H groups in total. The first kappa shape index (κ1) is 19.4. The van der Waals surface area contributed by atoms with E-state index >= 15 is 0 Å². The number of aliphatic hydroxyl groups is 1. The summed E-state index contributed by atoms with van der Waals surface area (Å²) < 4.78 is 0. The molecular formula is C20H30N2O3. The number of likely N-dealkylation sites (N-methyl/N-ethyl adjacent to an activating group) is 1. The van der Waals surface area contributed by atoms with Crippen LogP contribution in [0.2, 0.25) is 0 Å². The van der Waals surface area contributed by atoms with Gasteiger partial charge in [0, 0.05) is 25.1 Å². The molecule has 0 aromatic heterocycles. The first-order chi connectivity index (χ1) is 11.8. The molecule has 1 saturated carbocycles. The molecule has 3 unspecified atom stereocenters. The van der Waals surface area contributed by atoms with Crippen LogP contribution in [0.4, 0.5) is 0 Å². The van der Waals surface area contributed by atoms with E-state index in [-0.39, 0.29) is 29.8 Å². The van der Waals surface area contributed by atoms with E-state index in [9.17, 15) is 14.7 Å². The zero-order chi connectivity index (χ0) is 18.6. The molecule has 1 aromatic rings. The van der Waals surface area contributed by atoms with Gasteiger partial charge in [0.25, 0.3) is 5.91 Å². The van der Waals surface area contributed by atoms with E-state index in [4.69, 9.17) is 0 Å². The standard InChI is InChI=1S/C20H30N2O3/c1-13(2)18(21-19(24)15-8-5-7-14(3)11-15)20(25)22(4)12-16-9-6-10-17(16)23/h5,7-8,11,13,16-18,23H,6,9-10,12H2,1-4H3,(H,21,24). The van der Waals surface area contributed by atoms with Gasteiger partial charge in [0.05, 0.1) is 6.10 Å². The summed E-state index contributed by atoms with van der Waals surface area (Å²) in [4.78, 5) is 27.0. The molecule has 3 atom stereocenters. The van der Waals surface area contributed by atoms with E-state index in [1.165, 1.54) is 0 Å². The third kappa shape index (κ3) is 5.05. The number of carbonyl (C=O) groups is 2. The molecule has 25 heavy (non-hydrogen) atoms. The monoisotopic (exact) mass is 346 g/mol. The molecule has 0 saturated heterocycles. The molecule has 0 radical (unpaired) electrons. The molecule has 0 bridgehead atoms. The Morgan fingerprint density at radius 1 is 1.32 bits per heavy atom. The first-order valence-electron chi connectivity index (χ1n) is 9.10. The molecule has 5 nitrogen and oxygen atoms in total. The number of rotatable bonds is 6. The Morgan fingerprint density at radius 2 is 2.04 bits per heavy atom. The zero-order valence-corrected chi connectivity index (χ0v) is 15.7. The number of nitrogens with zero attached hydrogens (tertiary/aromatic N) is 1. The highest BCUT2D eigenvalue weighted by atomic mass is 16.3. The van der Waals surface area contributed by atoms with Gasteiger partial charge in [-0.05, 0) is 37.8 Å². The summed E-state index contributed by atoms with van der Waals surface area (Å²) in [6, 6.07) is 6.77. The Bertz CT molecular complexity index is 615. The van der Waals surface area contributed by atoms with E-state index in [1.54, 1.807) is 18.0 Å². The van der Waals surface area contributed by atoms with Crippen molar-refractivity contribution in [3.63, 3.8) is 0 Å². The lowest BCUT2D eigenvalue weighted by Crippen LogP contribution is -2.51. The van der Waals surface area contributed by atoms with Crippen LogP contribution in [-0.2, 0) is 4.79 Å². The molecule has 1 aliphatic carbocycles. The fraction of sp³-hybridized carbons (Fsp3) is 0.600. The van der Waals surface area contributed by atoms with Gasteiger partial charge in [-0.3, -0.25) is 9.59 Å². The summed E-state index contributed by atoms with van der Waals surface area (Å²) in [7, 11) is 1.75. The van der Waals surface area contributed by atoms with Crippen molar-refractivity contribution in [3.8, 4) is 0 Å². The van der Waals surface area contributed by atoms with Crippen molar-refractivity contribution < 1.29 is 14.7 Å². The maximum absolute atomic E-state index is 12.8. The quantitative estimate of drug-likeness (QED) is 0.831. The lowest BCUT2D eigenvalue weighted by Gasteiger charge is -2.29. The lowest BCUT2D eigenvalue weighted by molar-refractivity contribution is -0.133. The Labute approximate surface area is 150 Å². The largest absolute Gasteiger partial charge is 0.393 e. The fourth-order valence-electron chi connectivity index (χ4n) is 3.43. The minimum Gasteiger partial charge on any atom is -0.393 e. The number of carbonyl (C=O) groups excluding carboxylic acids is 2. The van der Waals surface area contributed by atoms with Crippen LogP contribution < -0.4 is 5.32 Å². The minimum absolute atomic E-state index is 0.0165. The van der Waals surface area contributed by atoms with Crippen molar-refractivity contribution in [2.24, 2.45) is 11.8 Å². The van der Waals surface area contributed by atoms with Crippen LogP contribution in [0, 0.1) is 18.8 Å². The SMILES string of the molecule is Cc1cccc(C(=O)NC(C(=O)N(C)CC2CCCC2O)C(C)C)c1.